The highest BCUT2D eigenvalue weighted by molar-refractivity contribution is 9.10. The van der Waals surface area contributed by atoms with Crippen LogP contribution in [0.15, 0.2) is 82.2 Å². The van der Waals surface area contributed by atoms with Crippen LogP contribution in [0, 0.1) is 13.8 Å². The molecule has 2 amide bonds. The number of likely N-dealkylation sites (N-methyl/N-ethyl adjacent to an activating group) is 1. The molecule has 3 aromatic rings. The van der Waals surface area contributed by atoms with E-state index in [-0.39, 0.29) is 17.3 Å². The van der Waals surface area contributed by atoms with Gasteiger partial charge in [-0.15, -0.1) is 0 Å². The lowest BCUT2D eigenvalue weighted by Crippen LogP contribution is -2.51. The summed E-state index contributed by atoms with van der Waals surface area (Å²) in [6.07, 6.45) is 0. The Balaban J connectivity index is 2.02. The van der Waals surface area contributed by atoms with Crippen molar-refractivity contribution in [2.45, 2.75) is 45.2 Å². The van der Waals surface area contributed by atoms with Gasteiger partial charge in [-0.3, -0.25) is 13.9 Å². The average Bonchev–Trinajstić information content (AvgIpc) is 2.86. The zero-order valence-corrected chi connectivity index (χ0v) is 23.8. The maximum absolute atomic E-state index is 13.8. The van der Waals surface area contributed by atoms with Gasteiger partial charge in [-0.25, -0.2) is 8.42 Å². The van der Waals surface area contributed by atoms with Crippen LogP contribution in [-0.4, -0.2) is 44.3 Å². The number of benzene rings is 3. The zero-order valence-electron chi connectivity index (χ0n) is 21.4. The van der Waals surface area contributed by atoms with Crippen LogP contribution in [0.2, 0.25) is 0 Å². The second-order valence-electron chi connectivity index (χ2n) is 8.88. The number of sulfonamides is 1. The summed E-state index contributed by atoms with van der Waals surface area (Å²) < 4.78 is 29.5. The predicted molar refractivity (Wildman–Crippen MR) is 150 cm³/mol. The number of hydrogen-bond acceptors (Lipinski definition) is 4. The SMILES string of the molecule is CCNC(=O)[C@@H](C)N(Cc1cccc(Br)c1)C(=O)CN(c1ccc(C)cc1)S(=O)(=O)c1ccc(C)cc1. The molecule has 0 aliphatic heterocycles. The Kier molecular flexibility index (Phi) is 9.50. The van der Waals surface area contributed by atoms with Crippen LogP contribution >= 0.6 is 15.9 Å². The summed E-state index contributed by atoms with van der Waals surface area (Å²) in [5, 5.41) is 2.76. The lowest BCUT2D eigenvalue weighted by molar-refractivity contribution is -0.139. The predicted octanol–water partition coefficient (Wildman–Crippen LogP) is 4.81. The molecular formula is C28H32BrN3O4S. The number of hydrogen-bond donors (Lipinski definition) is 1. The number of nitrogens with zero attached hydrogens (tertiary/aromatic N) is 2. The van der Waals surface area contributed by atoms with Crippen LogP contribution in [0.25, 0.3) is 0 Å². The van der Waals surface area contributed by atoms with Crippen LogP contribution in [0.4, 0.5) is 5.69 Å². The van der Waals surface area contributed by atoms with E-state index in [9.17, 15) is 18.0 Å². The summed E-state index contributed by atoms with van der Waals surface area (Å²) in [5.41, 5.74) is 3.06. The number of rotatable bonds is 10. The maximum Gasteiger partial charge on any atom is 0.264 e. The largest absolute Gasteiger partial charge is 0.355 e. The summed E-state index contributed by atoms with van der Waals surface area (Å²) in [4.78, 5) is 28.0. The first-order chi connectivity index (χ1) is 17.5. The highest BCUT2D eigenvalue weighted by Crippen LogP contribution is 2.25. The van der Waals surface area contributed by atoms with Gasteiger partial charge in [0.2, 0.25) is 11.8 Å². The number of carbonyl (C=O) groups is 2. The summed E-state index contributed by atoms with van der Waals surface area (Å²) in [6, 6.07) is 20.1. The molecule has 0 heterocycles. The fraction of sp³-hybridized carbons (Fsp3) is 0.286. The van der Waals surface area contributed by atoms with Gasteiger partial charge in [0, 0.05) is 17.6 Å². The summed E-state index contributed by atoms with van der Waals surface area (Å²) in [7, 11) is -4.07. The van der Waals surface area contributed by atoms with Crippen LogP contribution in [0.1, 0.15) is 30.5 Å². The Bertz CT molecular complexity index is 1340. The summed E-state index contributed by atoms with van der Waals surface area (Å²) in [5.74, 6) is -0.802. The van der Waals surface area contributed by atoms with E-state index >= 15 is 0 Å². The van der Waals surface area contributed by atoms with Crippen molar-refractivity contribution < 1.29 is 18.0 Å². The summed E-state index contributed by atoms with van der Waals surface area (Å²) in [6.45, 7) is 7.32. The van der Waals surface area contributed by atoms with Crippen molar-refractivity contribution in [3.8, 4) is 0 Å². The van der Waals surface area contributed by atoms with Gasteiger partial charge in [-0.1, -0.05) is 63.5 Å². The van der Waals surface area contributed by atoms with E-state index in [1.807, 2.05) is 38.1 Å². The minimum atomic E-state index is -4.07. The Morgan fingerprint density at radius 1 is 0.946 bits per heavy atom. The maximum atomic E-state index is 13.8. The molecule has 0 bridgehead atoms. The average molecular weight is 587 g/mol. The van der Waals surface area contributed by atoms with Gasteiger partial charge in [0.05, 0.1) is 10.6 Å². The van der Waals surface area contributed by atoms with Gasteiger partial charge in [-0.2, -0.15) is 0 Å². The number of nitrogens with one attached hydrogen (secondary N) is 1. The minimum absolute atomic E-state index is 0.0850. The van der Waals surface area contributed by atoms with E-state index in [0.29, 0.717) is 12.2 Å². The molecule has 9 heteroatoms. The van der Waals surface area contributed by atoms with E-state index in [4.69, 9.17) is 0 Å². The summed E-state index contributed by atoms with van der Waals surface area (Å²) >= 11 is 3.44. The van der Waals surface area contributed by atoms with Gasteiger partial charge in [-0.05, 0) is 69.7 Å². The molecule has 1 atom stereocenters. The number of halogens is 1. The molecule has 3 aromatic carbocycles. The molecule has 0 saturated carbocycles. The first-order valence-electron chi connectivity index (χ1n) is 12.0. The normalized spacial score (nSPS) is 12.0. The molecule has 1 N–H and O–H groups in total. The highest BCUT2D eigenvalue weighted by atomic mass is 79.9. The molecule has 0 radical (unpaired) electrons. The van der Waals surface area contributed by atoms with E-state index in [1.165, 1.54) is 17.0 Å². The van der Waals surface area contributed by atoms with Crippen LogP contribution in [0.5, 0.6) is 0 Å². The van der Waals surface area contributed by atoms with Crippen LogP contribution < -0.4 is 9.62 Å². The van der Waals surface area contributed by atoms with E-state index in [2.05, 4.69) is 21.2 Å². The van der Waals surface area contributed by atoms with Crippen molar-refractivity contribution in [3.63, 3.8) is 0 Å². The molecule has 3 rings (SSSR count). The first-order valence-corrected chi connectivity index (χ1v) is 14.2. The van der Waals surface area contributed by atoms with Crippen molar-refractivity contribution in [1.82, 2.24) is 10.2 Å². The molecule has 7 nitrogen and oxygen atoms in total. The lowest BCUT2D eigenvalue weighted by atomic mass is 10.1. The topological polar surface area (TPSA) is 86.8 Å². The fourth-order valence-corrected chi connectivity index (χ4v) is 5.67. The Morgan fingerprint density at radius 2 is 1.54 bits per heavy atom. The zero-order chi connectivity index (χ0) is 27.2. The third-order valence-electron chi connectivity index (χ3n) is 5.97. The van der Waals surface area contributed by atoms with E-state index < -0.39 is 28.5 Å². The van der Waals surface area contributed by atoms with Crippen LogP contribution in [0.3, 0.4) is 0 Å². The van der Waals surface area contributed by atoms with Crippen molar-refractivity contribution >= 4 is 43.5 Å². The van der Waals surface area contributed by atoms with Crippen LogP contribution in [-0.2, 0) is 26.2 Å². The third kappa shape index (κ3) is 7.20. The molecule has 196 valence electrons. The molecule has 0 aliphatic rings. The molecule has 37 heavy (non-hydrogen) atoms. The molecule has 0 unspecified atom stereocenters. The van der Waals surface area contributed by atoms with Gasteiger partial charge < -0.3 is 10.2 Å². The van der Waals surface area contributed by atoms with Gasteiger partial charge in [0.25, 0.3) is 10.0 Å². The Labute approximate surface area is 227 Å². The third-order valence-corrected chi connectivity index (χ3v) is 8.25. The van der Waals surface area contributed by atoms with Crippen molar-refractivity contribution in [2.24, 2.45) is 0 Å². The highest BCUT2D eigenvalue weighted by Gasteiger charge is 2.32. The van der Waals surface area contributed by atoms with Crippen molar-refractivity contribution in [3.05, 3.63) is 94.0 Å². The standard InChI is InChI=1S/C28H32BrN3O4S/c1-5-30-28(34)22(4)31(18-23-7-6-8-24(29)17-23)27(33)19-32(25-13-9-20(2)10-14-25)37(35,36)26-15-11-21(3)12-16-26/h6-17,22H,5,18-19H2,1-4H3,(H,30,34)/t22-/m1/s1. The molecule has 0 aromatic heterocycles. The molecule has 0 fully saturated rings. The fourth-order valence-electron chi connectivity index (χ4n) is 3.81. The molecule has 0 aliphatic carbocycles. The second-order valence-corrected chi connectivity index (χ2v) is 11.7. The van der Waals surface area contributed by atoms with E-state index in [0.717, 1.165) is 25.5 Å². The molecular weight excluding hydrogens is 554 g/mol. The number of anilines is 1. The van der Waals surface area contributed by atoms with Crippen molar-refractivity contribution in [1.29, 1.82) is 0 Å². The lowest BCUT2D eigenvalue weighted by Gasteiger charge is -2.32. The second kappa shape index (κ2) is 12.4. The minimum Gasteiger partial charge on any atom is -0.355 e. The number of aryl methyl sites for hydroxylation is 2. The quantitative estimate of drug-likeness (QED) is 0.370. The number of carbonyl (C=O) groups excluding carboxylic acids is 2. The number of amides is 2. The van der Waals surface area contributed by atoms with Crippen molar-refractivity contribution in [2.75, 3.05) is 17.4 Å². The Hall–Kier alpha value is -3.17. The first kappa shape index (κ1) is 28.4. The van der Waals surface area contributed by atoms with E-state index in [1.54, 1.807) is 50.2 Å². The Morgan fingerprint density at radius 3 is 2.11 bits per heavy atom. The van der Waals surface area contributed by atoms with Gasteiger partial charge in [0.15, 0.2) is 0 Å². The van der Waals surface area contributed by atoms with Gasteiger partial charge in [0.1, 0.15) is 12.6 Å². The smallest absolute Gasteiger partial charge is 0.264 e. The monoisotopic (exact) mass is 585 g/mol. The molecule has 0 spiro atoms. The van der Waals surface area contributed by atoms with Gasteiger partial charge >= 0.3 is 0 Å². The molecule has 0 saturated heterocycles.